The highest BCUT2D eigenvalue weighted by atomic mass is 16.5. The third-order valence-corrected chi connectivity index (χ3v) is 4.47. The minimum absolute atomic E-state index is 0.108. The first-order valence-electron chi connectivity index (χ1n) is 8.45. The maximum Gasteiger partial charge on any atom is 0.317 e. The summed E-state index contributed by atoms with van der Waals surface area (Å²) in [6, 6.07) is 18.3. The van der Waals surface area contributed by atoms with Crippen LogP contribution in [-0.2, 0) is 11.4 Å². The third kappa shape index (κ3) is 4.36. The highest BCUT2D eigenvalue weighted by molar-refractivity contribution is 5.69. The molecule has 1 N–H and O–H groups in total. The van der Waals surface area contributed by atoms with E-state index in [1.54, 1.807) is 0 Å². The maximum absolute atomic E-state index is 11.1. The van der Waals surface area contributed by atoms with E-state index in [4.69, 9.17) is 9.84 Å². The molecule has 1 unspecified atom stereocenters. The van der Waals surface area contributed by atoms with Crippen LogP contribution in [0.2, 0.25) is 0 Å². The van der Waals surface area contributed by atoms with E-state index < -0.39 is 5.97 Å². The zero-order chi connectivity index (χ0) is 16.8. The molecule has 0 amide bonds. The molecule has 0 bridgehead atoms. The summed E-state index contributed by atoms with van der Waals surface area (Å²) in [4.78, 5) is 13.1. The minimum Gasteiger partial charge on any atom is -0.489 e. The van der Waals surface area contributed by atoms with Crippen LogP contribution in [0.15, 0.2) is 54.6 Å². The van der Waals surface area contributed by atoms with Gasteiger partial charge in [-0.25, -0.2) is 0 Å². The lowest BCUT2D eigenvalue weighted by Gasteiger charge is -2.34. The van der Waals surface area contributed by atoms with Crippen LogP contribution in [0.3, 0.4) is 0 Å². The van der Waals surface area contributed by atoms with Crippen molar-refractivity contribution >= 4 is 5.97 Å². The van der Waals surface area contributed by atoms with E-state index >= 15 is 0 Å². The molecule has 0 spiro atoms. The van der Waals surface area contributed by atoms with E-state index in [0.29, 0.717) is 6.61 Å². The lowest BCUT2D eigenvalue weighted by atomic mass is 9.95. The van der Waals surface area contributed by atoms with Crippen molar-refractivity contribution < 1.29 is 14.6 Å². The average Bonchev–Trinajstić information content (AvgIpc) is 2.61. The Morgan fingerprint density at radius 2 is 1.83 bits per heavy atom. The normalized spacial score (nSPS) is 18.2. The van der Waals surface area contributed by atoms with Gasteiger partial charge in [-0.05, 0) is 42.6 Å². The van der Waals surface area contributed by atoms with Gasteiger partial charge in [0, 0.05) is 6.04 Å². The Morgan fingerprint density at radius 1 is 1.08 bits per heavy atom. The van der Waals surface area contributed by atoms with Crippen molar-refractivity contribution in [2.24, 2.45) is 0 Å². The molecule has 1 aliphatic heterocycles. The van der Waals surface area contributed by atoms with Gasteiger partial charge in [0.05, 0.1) is 6.54 Å². The van der Waals surface area contributed by atoms with Gasteiger partial charge in [0.15, 0.2) is 0 Å². The number of carboxylic acids is 1. The zero-order valence-corrected chi connectivity index (χ0v) is 13.7. The third-order valence-electron chi connectivity index (χ3n) is 4.47. The Morgan fingerprint density at radius 3 is 2.54 bits per heavy atom. The van der Waals surface area contributed by atoms with Gasteiger partial charge in [0.1, 0.15) is 12.4 Å². The van der Waals surface area contributed by atoms with Crippen molar-refractivity contribution in [2.75, 3.05) is 13.1 Å². The topological polar surface area (TPSA) is 49.8 Å². The summed E-state index contributed by atoms with van der Waals surface area (Å²) < 4.78 is 5.82. The highest BCUT2D eigenvalue weighted by Gasteiger charge is 2.25. The van der Waals surface area contributed by atoms with Crippen LogP contribution in [0, 0.1) is 0 Å². The molecule has 0 saturated carbocycles. The Hall–Kier alpha value is -2.33. The first-order chi connectivity index (χ1) is 11.7. The molecule has 0 aromatic heterocycles. The molecule has 3 rings (SSSR count). The molecule has 4 nitrogen and oxygen atoms in total. The molecule has 1 atom stereocenters. The Balaban J connectivity index is 1.63. The van der Waals surface area contributed by atoms with E-state index in [-0.39, 0.29) is 12.6 Å². The number of benzene rings is 2. The van der Waals surface area contributed by atoms with Crippen LogP contribution < -0.4 is 4.74 Å². The molecule has 2 aromatic carbocycles. The van der Waals surface area contributed by atoms with Crippen LogP contribution in [0.4, 0.5) is 0 Å². The lowest BCUT2D eigenvalue weighted by Crippen LogP contribution is -2.37. The van der Waals surface area contributed by atoms with E-state index in [2.05, 4.69) is 17.0 Å². The number of rotatable bonds is 6. The summed E-state index contributed by atoms with van der Waals surface area (Å²) >= 11 is 0. The summed E-state index contributed by atoms with van der Waals surface area (Å²) in [6.45, 7) is 1.51. The van der Waals surface area contributed by atoms with E-state index in [9.17, 15) is 4.79 Å². The van der Waals surface area contributed by atoms with Gasteiger partial charge in [-0.3, -0.25) is 9.69 Å². The largest absolute Gasteiger partial charge is 0.489 e. The number of carboxylic acid groups (broad SMARTS) is 1. The first-order valence-corrected chi connectivity index (χ1v) is 8.45. The van der Waals surface area contributed by atoms with E-state index in [0.717, 1.165) is 37.1 Å². The second-order valence-electron chi connectivity index (χ2n) is 6.22. The Bertz CT molecular complexity index is 654. The number of hydrogen-bond donors (Lipinski definition) is 1. The van der Waals surface area contributed by atoms with Gasteiger partial charge in [-0.1, -0.05) is 48.9 Å². The van der Waals surface area contributed by atoms with Crippen molar-refractivity contribution in [3.8, 4) is 5.75 Å². The van der Waals surface area contributed by atoms with E-state index in [1.165, 1.54) is 5.56 Å². The van der Waals surface area contributed by atoms with Gasteiger partial charge < -0.3 is 9.84 Å². The van der Waals surface area contributed by atoms with Gasteiger partial charge >= 0.3 is 5.97 Å². The summed E-state index contributed by atoms with van der Waals surface area (Å²) in [7, 11) is 0. The molecule has 1 heterocycles. The van der Waals surface area contributed by atoms with Crippen LogP contribution in [0.5, 0.6) is 5.75 Å². The highest BCUT2D eigenvalue weighted by Crippen LogP contribution is 2.31. The van der Waals surface area contributed by atoms with Crippen LogP contribution >= 0.6 is 0 Å². The molecule has 4 heteroatoms. The minimum atomic E-state index is -0.760. The van der Waals surface area contributed by atoms with Crippen molar-refractivity contribution in [2.45, 2.75) is 31.9 Å². The van der Waals surface area contributed by atoms with Gasteiger partial charge in [0.25, 0.3) is 0 Å². The average molecular weight is 325 g/mol. The van der Waals surface area contributed by atoms with Gasteiger partial charge in [0.2, 0.25) is 0 Å². The van der Waals surface area contributed by atoms with Gasteiger partial charge in [-0.15, -0.1) is 0 Å². The fraction of sp³-hybridized carbons (Fsp3) is 0.350. The summed E-state index contributed by atoms with van der Waals surface area (Å²) in [6.07, 6.45) is 3.23. The van der Waals surface area contributed by atoms with Crippen molar-refractivity contribution in [3.05, 3.63) is 65.7 Å². The molecule has 2 aromatic rings. The summed E-state index contributed by atoms with van der Waals surface area (Å²) in [5.74, 6) is 0.0768. The fourth-order valence-corrected chi connectivity index (χ4v) is 3.26. The van der Waals surface area contributed by atoms with Crippen LogP contribution in [0.25, 0.3) is 0 Å². The van der Waals surface area contributed by atoms with E-state index in [1.807, 2.05) is 42.5 Å². The fourth-order valence-electron chi connectivity index (χ4n) is 3.26. The number of carbonyl (C=O) groups is 1. The number of ether oxygens (including phenoxy) is 1. The predicted octanol–water partition coefficient (Wildman–Crippen LogP) is 3.88. The summed E-state index contributed by atoms with van der Waals surface area (Å²) in [5.41, 5.74) is 2.31. The van der Waals surface area contributed by atoms with Crippen LogP contribution in [0.1, 0.15) is 36.4 Å². The SMILES string of the molecule is O=C(O)CN1CCCCC1c1ccc(OCc2ccccc2)cc1. The molecule has 126 valence electrons. The number of piperidine rings is 1. The predicted molar refractivity (Wildman–Crippen MR) is 93.0 cm³/mol. The maximum atomic E-state index is 11.1. The second kappa shape index (κ2) is 7.97. The number of likely N-dealkylation sites (tertiary alicyclic amines) is 1. The van der Waals surface area contributed by atoms with Gasteiger partial charge in [-0.2, -0.15) is 0 Å². The first kappa shape index (κ1) is 16.5. The molecule has 1 aliphatic rings. The standard InChI is InChI=1S/C20H23NO3/c22-20(23)14-21-13-5-4-8-19(21)17-9-11-18(12-10-17)24-15-16-6-2-1-3-7-16/h1-3,6-7,9-12,19H,4-5,8,13-15H2,(H,22,23). The smallest absolute Gasteiger partial charge is 0.317 e. The molecular weight excluding hydrogens is 302 g/mol. The van der Waals surface area contributed by atoms with Crippen molar-refractivity contribution in [1.82, 2.24) is 4.90 Å². The number of aliphatic carboxylic acids is 1. The molecule has 0 aliphatic carbocycles. The Labute approximate surface area is 142 Å². The second-order valence-corrected chi connectivity index (χ2v) is 6.22. The number of nitrogens with zero attached hydrogens (tertiary/aromatic N) is 1. The Kier molecular flexibility index (Phi) is 5.49. The zero-order valence-electron chi connectivity index (χ0n) is 13.7. The van der Waals surface area contributed by atoms with Crippen molar-refractivity contribution in [3.63, 3.8) is 0 Å². The lowest BCUT2D eigenvalue weighted by molar-refractivity contribution is -0.139. The van der Waals surface area contributed by atoms with Crippen LogP contribution in [-0.4, -0.2) is 29.1 Å². The molecule has 1 fully saturated rings. The molecule has 24 heavy (non-hydrogen) atoms. The molecule has 1 saturated heterocycles. The number of hydrogen-bond acceptors (Lipinski definition) is 3. The summed E-state index contributed by atoms with van der Waals surface area (Å²) in [5, 5.41) is 9.09. The van der Waals surface area contributed by atoms with Crippen molar-refractivity contribution in [1.29, 1.82) is 0 Å². The molecule has 0 radical (unpaired) electrons. The quantitative estimate of drug-likeness (QED) is 0.876. The molecular formula is C20H23NO3. The monoisotopic (exact) mass is 325 g/mol.